The maximum Gasteiger partial charge on any atom is 0.234 e. The van der Waals surface area contributed by atoms with Crippen molar-refractivity contribution in [2.24, 2.45) is 0 Å². The zero-order valence-electron chi connectivity index (χ0n) is 16.2. The van der Waals surface area contributed by atoms with Crippen molar-refractivity contribution in [3.8, 4) is 0 Å². The third-order valence-electron chi connectivity index (χ3n) is 4.18. The number of nitrogens with zero attached hydrogens (tertiary/aromatic N) is 3. The number of thioether (sulfide) groups is 1. The Kier molecular flexibility index (Phi) is 7.08. The van der Waals surface area contributed by atoms with Crippen molar-refractivity contribution >= 4 is 23.4 Å². The second-order valence-corrected chi connectivity index (χ2v) is 7.92. The normalized spacial score (nSPS) is 11.3. The van der Waals surface area contributed by atoms with Gasteiger partial charge in [0.15, 0.2) is 5.82 Å². The minimum atomic E-state index is -0.0648. The van der Waals surface area contributed by atoms with E-state index in [1.807, 2.05) is 0 Å². The van der Waals surface area contributed by atoms with Gasteiger partial charge in [0.2, 0.25) is 11.1 Å². The number of aromatic nitrogens is 3. The first-order valence-corrected chi connectivity index (χ1v) is 10.1. The maximum atomic E-state index is 12.5. The van der Waals surface area contributed by atoms with Crippen LogP contribution in [0.4, 0.5) is 5.69 Å². The lowest BCUT2D eigenvalue weighted by Crippen LogP contribution is -2.19. The van der Waals surface area contributed by atoms with E-state index in [4.69, 9.17) is 5.84 Å². The molecular formula is C19H29N5OS. The summed E-state index contributed by atoms with van der Waals surface area (Å²) in [6.45, 7) is 10.6. The Morgan fingerprint density at radius 2 is 1.81 bits per heavy atom. The molecule has 0 unspecified atom stereocenters. The Morgan fingerprint density at radius 1 is 1.19 bits per heavy atom. The Bertz CT molecular complexity index is 728. The molecule has 3 N–H and O–H groups in total. The number of carbonyl (C=O) groups excluding carboxylic acids is 1. The fourth-order valence-electron chi connectivity index (χ4n) is 2.80. The zero-order chi connectivity index (χ0) is 19.3. The molecule has 2 aromatic rings. The fraction of sp³-hybridized carbons (Fsp3) is 0.526. The second kappa shape index (κ2) is 9.07. The van der Waals surface area contributed by atoms with Gasteiger partial charge in [0.1, 0.15) is 0 Å². The molecule has 6 nitrogen and oxygen atoms in total. The number of hydrogen-bond acceptors (Lipinski definition) is 5. The number of anilines is 1. The Labute approximate surface area is 159 Å². The molecule has 0 saturated heterocycles. The lowest BCUT2D eigenvalue weighted by Gasteiger charge is -2.20. The Balaban J connectivity index is 2.11. The summed E-state index contributed by atoms with van der Waals surface area (Å²) in [5.41, 5.74) is 3.24. The van der Waals surface area contributed by atoms with E-state index in [9.17, 15) is 4.79 Å². The summed E-state index contributed by atoms with van der Waals surface area (Å²) in [5.74, 6) is 7.58. The number of benzene rings is 1. The highest BCUT2D eigenvalue weighted by Gasteiger charge is 2.17. The van der Waals surface area contributed by atoms with E-state index in [0.717, 1.165) is 35.5 Å². The number of amides is 1. The van der Waals surface area contributed by atoms with Crippen LogP contribution in [0.2, 0.25) is 0 Å². The van der Waals surface area contributed by atoms with Crippen LogP contribution in [0.15, 0.2) is 23.4 Å². The smallest absolute Gasteiger partial charge is 0.234 e. The largest absolute Gasteiger partial charge is 0.336 e. The summed E-state index contributed by atoms with van der Waals surface area (Å²) < 4.78 is 1.48. The summed E-state index contributed by atoms with van der Waals surface area (Å²) in [5, 5.41) is 11.8. The summed E-state index contributed by atoms with van der Waals surface area (Å²) in [6.07, 6.45) is 1.72. The van der Waals surface area contributed by atoms with Crippen LogP contribution in [0.1, 0.15) is 69.8 Å². The van der Waals surface area contributed by atoms with Crippen molar-refractivity contribution < 1.29 is 4.79 Å². The van der Waals surface area contributed by atoms with Crippen molar-refractivity contribution in [2.45, 2.75) is 64.5 Å². The Morgan fingerprint density at radius 3 is 2.35 bits per heavy atom. The van der Waals surface area contributed by atoms with Crippen LogP contribution < -0.4 is 11.2 Å². The minimum absolute atomic E-state index is 0.0648. The number of nitrogen functional groups attached to an aromatic ring is 1. The summed E-state index contributed by atoms with van der Waals surface area (Å²) in [7, 11) is 0. The SMILES string of the molecule is CCCc1nnc(SCC(=O)Nc2c(C(C)C)cccc2C(C)C)n1N. The van der Waals surface area contributed by atoms with Crippen LogP contribution in [0.5, 0.6) is 0 Å². The molecule has 0 radical (unpaired) electrons. The Hall–Kier alpha value is -2.02. The number of nitrogens with one attached hydrogen (secondary N) is 1. The van der Waals surface area contributed by atoms with E-state index in [2.05, 4.69) is 68.3 Å². The molecule has 0 atom stereocenters. The van der Waals surface area contributed by atoms with E-state index in [1.54, 1.807) is 0 Å². The number of hydrogen-bond donors (Lipinski definition) is 2. The van der Waals surface area contributed by atoms with E-state index < -0.39 is 0 Å². The quantitative estimate of drug-likeness (QED) is 0.539. The molecule has 142 valence electrons. The predicted octanol–water partition coefficient (Wildman–Crippen LogP) is 3.92. The van der Waals surface area contributed by atoms with E-state index in [0.29, 0.717) is 17.0 Å². The van der Waals surface area contributed by atoms with Gasteiger partial charge in [-0.15, -0.1) is 10.2 Å². The van der Waals surface area contributed by atoms with Crippen LogP contribution in [0.3, 0.4) is 0 Å². The van der Waals surface area contributed by atoms with Crippen LogP contribution in [-0.4, -0.2) is 26.5 Å². The highest BCUT2D eigenvalue weighted by Crippen LogP contribution is 2.32. The maximum absolute atomic E-state index is 12.5. The number of carbonyl (C=O) groups is 1. The van der Waals surface area contributed by atoms with Crippen molar-refractivity contribution in [1.29, 1.82) is 0 Å². The molecule has 7 heteroatoms. The minimum Gasteiger partial charge on any atom is -0.336 e. The summed E-state index contributed by atoms with van der Waals surface area (Å²) in [6, 6.07) is 6.21. The van der Waals surface area contributed by atoms with Gasteiger partial charge in [-0.1, -0.05) is 64.6 Å². The van der Waals surface area contributed by atoms with Gasteiger partial charge in [0, 0.05) is 12.1 Å². The molecule has 0 fully saturated rings. The number of aryl methyl sites for hydroxylation is 1. The van der Waals surface area contributed by atoms with Gasteiger partial charge in [-0.3, -0.25) is 4.79 Å². The van der Waals surface area contributed by atoms with E-state index in [-0.39, 0.29) is 11.7 Å². The van der Waals surface area contributed by atoms with Gasteiger partial charge in [0.25, 0.3) is 0 Å². The molecule has 0 spiro atoms. The van der Waals surface area contributed by atoms with Crippen molar-refractivity contribution in [3.63, 3.8) is 0 Å². The lowest BCUT2D eigenvalue weighted by molar-refractivity contribution is -0.113. The van der Waals surface area contributed by atoms with Crippen molar-refractivity contribution in [2.75, 3.05) is 16.9 Å². The second-order valence-electron chi connectivity index (χ2n) is 6.98. The molecule has 0 bridgehead atoms. The van der Waals surface area contributed by atoms with Gasteiger partial charge < -0.3 is 11.2 Å². The predicted molar refractivity (Wildman–Crippen MR) is 108 cm³/mol. The first-order valence-electron chi connectivity index (χ1n) is 9.09. The van der Waals surface area contributed by atoms with Crippen LogP contribution in [0, 0.1) is 0 Å². The average molecular weight is 376 g/mol. The van der Waals surface area contributed by atoms with Crippen molar-refractivity contribution in [3.05, 3.63) is 35.2 Å². The summed E-state index contributed by atoms with van der Waals surface area (Å²) >= 11 is 1.30. The molecular weight excluding hydrogens is 346 g/mol. The van der Waals surface area contributed by atoms with Gasteiger partial charge in [-0.25, -0.2) is 4.68 Å². The molecule has 1 amide bonds. The molecule has 26 heavy (non-hydrogen) atoms. The molecule has 1 heterocycles. The molecule has 0 aliphatic rings. The topological polar surface area (TPSA) is 85.8 Å². The third kappa shape index (κ3) is 4.78. The first-order chi connectivity index (χ1) is 12.3. The van der Waals surface area contributed by atoms with Crippen LogP contribution in [-0.2, 0) is 11.2 Å². The standard InChI is InChI=1S/C19H29N5OS/c1-6-8-16-22-23-19(24(16)20)26-11-17(25)21-18-14(12(2)3)9-7-10-15(18)13(4)5/h7,9-10,12-13H,6,8,11,20H2,1-5H3,(H,21,25). The fourth-order valence-corrected chi connectivity index (χ4v) is 3.48. The molecule has 0 aliphatic carbocycles. The zero-order valence-corrected chi connectivity index (χ0v) is 17.1. The van der Waals surface area contributed by atoms with Gasteiger partial charge in [-0.05, 0) is 29.4 Å². The molecule has 2 rings (SSSR count). The van der Waals surface area contributed by atoms with Gasteiger partial charge >= 0.3 is 0 Å². The number of para-hydroxylation sites is 1. The molecule has 1 aromatic heterocycles. The highest BCUT2D eigenvalue weighted by atomic mass is 32.2. The number of rotatable bonds is 8. The van der Waals surface area contributed by atoms with E-state index in [1.165, 1.54) is 16.4 Å². The average Bonchev–Trinajstić information content (AvgIpc) is 2.93. The van der Waals surface area contributed by atoms with Crippen LogP contribution >= 0.6 is 11.8 Å². The molecule has 0 aliphatic heterocycles. The van der Waals surface area contributed by atoms with Gasteiger partial charge in [-0.2, -0.15) is 0 Å². The summed E-state index contributed by atoms with van der Waals surface area (Å²) in [4.78, 5) is 12.5. The number of nitrogens with two attached hydrogens (primary N) is 1. The molecule has 1 aromatic carbocycles. The first kappa shape index (κ1) is 20.3. The van der Waals surface area contributed by atoms with Crippen LogP contribution in [0.25, 0.3) is 0 Å². The monoisotopic (exact) mass is 375 g/mol. The van der Waals surface area contributed by atoms with Crippen molar-refractivity contribution in [1.82, 2.24) is 14.9 Å². The highest BCUT2D eigenvalue weighted by molar-refractivity contribution is 7.99. The van der Waals surface area contributed by atoms with E-state index >= 15 is 0 Å². The third-order valence-corrected chi connectivity index (χ3v) is 5.12. The molecule has 0 saturated carbocycles. The van der Waals surface area contributed by atoms with Gasteiger partial charge in [0.05, 0.1) is 5.75 Å². The lowest BCUT2D eigenvalue weighted by atomic mass is 9.92.